The van der Waals surface area contributed by atoms with Crippen molar-refractivity contribution in [2.24, 2.45) is 16.6 Å². The molecule has 1 aromatic carbocycles. The Kier molecular flexibility index (Phi) is 3.87. The molecule has 21 heavy (non-hydrogen) atoms. The van der Waals surface area contributed by atoms with Crippen molar-refractivity contribution in [2.45, 2.75) is 64.4 Å². The van der Waals surface area contributed by atoms with E-state index in [2.05, 4.69) is 38.1 Å². The Balaban J connectivity index is 1.88. The highest BCUT2D eigenvalue weighted by molar-refractivity contribution is 5.36. The fourth-order valence-corrected chi connectivity index (χ4v) is 3.87. The van der Waals surface area contributed by atoms with Gasteiger partial charge in [0, 0.05) is 12.0 Å². The maximum absolute atomic E-state index is 11.1. The van der Waals surface area contributed by atoms with Gasteiger partial charge in [-0.2, -0.15) is 0 Å². The summed E-state index contributed by atoms with van der Waals surface area (Å²) >= 11 is 0. The summed E-state index contributed by atoms with van der Waals surface area (Å²) in [6, 6.07) is 8.48. The molecule has 0 spiro atoms. The first-order valence-electron chi connectivity index (χ1n) is 8.44. The summed E-state index contributed by atoms with van der Waals surface area (Å²) in [5.41, 5.74) is 8.93. The quantitative estimate of drug-likeness (QED) is 0.874. The van der Waals surface area contributed by atoms with E-state index in [1.54, 1.807) is 0 Å². The molecule has 0 bridgehead atoms. The molecule has 116 valence electrons. The van der Waals surface area contributed by atoms with Crippen LogP contribution in [0.25, 0.3) is 0 Å². The highest BCUT2D eigenvalue weighted by Gasteiger charge is 2.44. The minimum Gasteiger partial charge on any atom is -0.388 e. The van der Waals surface area contributed by atoms with Gasteiger partial charge in [-0.25, -0.2) is 0 Å². The lowest BCUT2D eigenvalue weighted by Crippen LogP contribution is -2.42. The lowest BCUT2D eigenvalue weighted by molar-refractivity contribution is -0.0240. The number of nitrogens with two attached hydrogens (primary N) is 1. The van der Waals surface area contributed by atoms with Crippen LogP contribution < -0.4 is 5.73 Å². The van der Waals surface area contributed by atoms with E-state index in [1.165, 1.54) is 18.4 Å². The molecule has 2 aliphatic carbocycles. The Morgan fingerprint density at radius 1 is 1.14 bits per heavy atom. The van der Waals surface area contributed by atoms with Crippen molar-refractivity contribution in [2.75, 3.05) is 6.54 Å². The first-order chi connectivity index (χ1) is 9.97. The SMILES string of the molecule is CC1(C)CCC(CN)(C(O)c2ccccc2C2CC2)CC1. The summed E-state index contributed by atoms with van der Waals surface area (Å²) in [5.74, 6) is 0.672. The fourth-order valence-electron chi connectivity index (χ4n) is 3.87. The standard InChI is InChI=1S/C19H29NO/c1-18(2)9-11-19(13-20,12-10-18)17(21)16-6-4-3-5-15(16)14-7-8-14/h3-6,14,17,21H,7-13,20H2,1-2H3. The highest BCUT2D eigenvalue weighted by Crippen LogP contribution is 2.53. The third kappa shape index (κ3) is 2.89. The Bertz CT molecular complexity index is 494. The summed E-state index contributed by atoms with van der Waals surface area (Å²) < 4.78 is 0. The van der Waals surface area contributed by atoms with Crippen molar-refractivity contribution in [3.05, 3.63) is 35.4 Å². The molecule has 1 atom stereocenters. The van der Waals surface area contributed by atoms with Crippen LogP contribution in [0.3, 0.4) is 0 Å². The molecule has 1 aromatic rings. The Morgan fingerprint density at radius 3 is 2.33 bits per heavy atom. The van der Waals surface area contributed by atoms with Gasteiger partial charge < -0.3 is 10.8 Å². The van der Waals surface area contributed by atoms with Crippen LogP contribution in [0.5, 0.6) is 0 Å². The first-order valence-corrected chi connectivity index (χ1v) is 8.44. The van der Waals surface area contributed by atoms with Crippen LogP contribution in [0, 0.1) is 10.8 Å². The average molecular weight is 287 g/mol. The zero-order valence-corrected chi connectivity index (χ0v) is 13.4. The van der Waals surface area contributed by atoms with E-state index in [1.807, 2.05) is 0 Å². The number of aliphatic hydroxyl groups excluding tert-OH is 1. The molecule has 0 aromatic heterocycles. The second kappa shape index (κ2) is 5.40. The van der Waals surface area contributed by atoms with E-state index in [0.29, 0.717) is 17.9 Å². The van der Waals surface area contributed by atoms with Crippen molar-refractivity contribution in [3.8, 4) is 0 Å². The zero-order valence-electron chi connectivity index (χ0n) is 13.4. The van der Waals surface area contributed by atoms with Gasteiger partial charge in [0.2, 0.25) is 0 Å². The van der Waals surface area contributed by atoms with E-state index in [0.717, 1.165) is 31.2 Å². The maximum atomic E-state index is 11.1. The van der Waals surface area contributed by atoms with Gasteiger partial charge in [-0.15, -0.1) is 0 Å². The van der Waals surface area contributed by atoms with Gasteiger partial charge in [-0.3, -0.25) is 0 Å². The fraction of sp³-hybridized carbons (Fsp3) is 0.684. The van der Waals surface area contributed by atoms with Gasteiger partial charge in [0.25, 0.3) is 0 Å². The van der Waals surface area contributed by atoms with Crippen molar-refractivity contribution >= 4 is 0 Å². The van der Waals surface area contributed by atoms with Crippen LogP contribution in [0.4, 0.5) is 0 Å². The molecule has 2 fully saturated rings. The molecule has 3 N–H and O–H groups in total. The van der Waals surface area contributed by atoms with Gasteiger partial charge >= 0.3 is 0 Å². The number of aliphatic hydroxyl groups is 1. The lowest BCUT2D eigenvalue weighted by Gasteiger charge is -2.46. The molecule has 2 heteroatoms. The predicted octanol–water partition coefficient (Wildman–Crippen LogP) is 4.14. The van der Waals surface area contributed by atoms with E-state index in [-0.39, 0.29) is 5.41 Å². The van der Waals surface area contributed by atoms with Crippen molar-refractivity contribution in [1.29, 1.82) is 0 Å². The third-order valence-corrected chi connectivity index (χ3v) is 5.89. The van der Waals surface area contributed by atoms with Crippen LogP contribution in [0.15, 0.2) is 24.3 Å². The Labute approximate surface area is 128 Å². The molecule has 0 saturated heterocycles. The smallest absolute Gasteiger partial charge is 0.0861 e. The van der Waals surface area contributed by atoms with Gasteiger partial charge in [-0.05, 0) is 61.0 Å². The summed E-state index contributed by atoms with van der Waals surface area (Å²) in [5, 5.41) is 11.1. The minimum atomic E-state index is -0.407. The predicted molar refractivity (Wildman–Crippen MR) is 87.1 cm³/mol. The van der Waals surface area contributed by atoms with E-state index < -0.39 is 6.10 Å². The highest BCUT2D eigenvalue weighted by atomic mass is 16.3. The maximum Gasteiger partial charge on any atom is 0.0861 e. The normalized spacial score (nSPS) is 25.5. The molecule has 0 aliphatic heterocycles. The summed E-state index contributed by atoms with van der Waals surface area (Å²) in [7, 11) is 0. The molecule has 0 amide bonds. The van der Waals surface area contributed by atoms with Gasteiger partial charge in [0.15, 0.2) is 0 Å². The lowest BCUT2D eigenvalue weighted by atomic mass is 9.61. The molecule has 2 nitrogen and oxygen atoms in total. The minimum absolute atomic E-state index is 0.124. The van der Waals surface area contributed by atoms with E-state index >= 15 is 0 Å². The molecule has 3 rings (SSSR count). The van der Waals surface area contributed by atoms with Crippen LogP contribution in [0.1, 0.15) is 75.5 Å². The summed E-state index contributed by atoms with van der Waals surface area (Å²) in [6.45, 7) is 5.25. The summed E-state index contributed by atoms with van der Waals surface area (Å²) in [4.78, 5) is 0. The Morgan fingerprint density at radius 2 is 1.76 bits per heavy atom. The van der Waals surface area contributed by atoms with Crippen molar-refractivity contribution in [3.63, 3.8) is 0 Å². The van der Waals surface area contributed by atoms with E-state index in [4.69, 9.17) is 5.73 Å². The van der Waals surface area contributed by atoms with E-state index in [9.17, 15) is 5.11 Å². The molecular weight excluding hydrogens is 258 g/mol. The third-order valence-electron chi connectivity index (χ3n) is 5.89. The average Bonchev–Trinajstić information content (AvgIpc) is 3.32. The molecule has 0 heterocycles. The zero-order chi connectivity index (χ0) is 15.1. The van der Waals surface area contributed by atoms with Crippen LogP contribution in [0.2, 0.25) is 0 Å². The number of rotatable bonds is 4. The van der Waals surface area contributed by atoms with Crippen LogP contribution >= 0.6 is 0 Å². The van der Waals surface area contributed by atoms with Crippen molar-refractivity contribution < 1.29 is 5.11 Å². The van der Waals surface area contributed by atoms with Gasteiger partial charge in [0.1, 0.15) is 0 Å². The Hall–Kier alpha value is -0.860. The second-order valence-corrected chi connectivity index (χ2v) is 8.04. The van der Waals surface area contributed by atoms with Crippen LogP contribution in [-0.2, 0) is 0 Å². The number of hydrogen-bond donors (Lipinski definition) is 2. The summed E-state index contributed by atoms with van der Waals surface area (Å²) in [6.07, 6.45) is 6.53. The number of hydrogen-bond acceptors (Lipinski definition) is 2. The van der Waals surface area contributed by atoms with Gasteiger partial charge in [0.05, 0.1) is 6.10 Å². The molecule has 2 aliphatic rings. The largest absolute Gasteiger partial charge is 0.388 e. The first kappa shape index (κ1) is 15.1. The number of benzene rings is 1. The van der Waals surface area contributed by atoms with Crippen LogP contribution in [-0.4, -0.2) is 11.7 Å². The molecule has 1 unspecified atom stereocenters. The van der Waals surface area contributed by atoms with Crippen molar-refractivity contribution in [1.82, 2.24) is 0 Å². The van der Waals surface area contributed by atoms with Gasteiger partial charge in [-0.1, -0.05) is 38.1 Å². The topological polar surface area (TPSA) is 46.2 Å². The second-order valence-electron chi connectivity index (χ2n) is 8.04. The monoisotopic (exact) mass is 287 g/mol. The molecular formula is C19H29NO. The molecule has 2 saturated carbocycles. The molecule has 0 radical (unpaired) electrons.